The Balaban J connectivity index is 1.50. The monoisotopic (exact) mass is 378 g/mol. The molecule has 2 aromatic rings. The SMILES string of the molecule is CCCc1ccc([C@H]2CC[C@H](CCc3ccc(C(=O)O)c(CC)c3)CC2)cc1. The highest BCUT2D eigenvalue weighted by atomic mass is 16.4. The first-order valence-electron chi connectivity index (χ1n) is 11.0. The zero-order valence-corrected chi connectivity index (χ0v) is 17.4. The second-order valence-electron chi connectivity index (χ2n) is 8.40. The van der Waals surface area contributed by atoms with Gasteiger partial charge in [-0.3, -0.25) is 0 Å². The topological polar surface area (TPSA) is 37.3 Å². The highest BCUT2D eigenvalue weighted by molar-refractivity contribution is 5.89. The lowest BCUT2D eigenvalue weighted by molar-refractivity contribution is 0.0695. The van der Waals surface area contributed by atoms with Crippen molar-refractivity contribution in [2.24, 2.45) is 5.92 Å². The molecule has 1 aliphatic carbocycles. The Morgan fingerprint density at radius 2 is 1.61 bits per heavy atom. The molecule has 28 heavy (non-hydrogen) atoms. The molecule has 0 unspecified atom stereocenters. The lowest BCUT2D eigenvalue weighted by Gasteiger charge is -2.29. The summed E-state index contributed by atoms with van der Waals surface area (Å²) in [5.74, 6) is 0.720. The fourth-order valence-electron chi connectivity index (χ4n) is 4.70. The van der Waals surface area contributed by atoms with E-state index in [-0.39, 0.29) is 0 Å². The van der Waals surface area contributed by atoms with Crippen molar-refractivity contribution in [1.82, 2.24) is 0 Å². The van der Waals surface area contributed by atoms with Gasteiger partial charge in [-0.1, -0.05) is 56.7 Å². The molecule has 0 heterocycles. The van der Waals surface area contributed by atoms with E-state index in [1.54, 1.807) is 6.07 Å². The molecule has 0 aliphatic heterocycles. The summed E-state index contributed by atoms with van der Waals surface area (Å²) in [6, 6.07) is 15.2. The van der Waals surface area contributed by atoms with Crippen molar-refractivity contribution in [3.63, 3.8) is 0 Å². The molecule has 0 aromatic heterocycles. The van der Waals surface area contributed by atoms with E-state index in [0.717, 1.165) is 30.2 Å². The van der Waals surface area contributed by atoms with Crippen LogP contribution in [0.3, 0.4) is 0 Å². The molecule has 150 valence electrons. The molecule has 0 bridgehead atoms. The Bertz CT molecular complexity index is 768. The van der Waals surface area contributed by atoms with Crippen LogP contribution in [0.1, 0.15) is 90.9 Å². The predicted molar refractivity (Wildman–Crippen MR) is 116 cm³/mol. The number of hydrogen-bond acceptors (Lipinski definition) is 1. The summed E-state index contributed by atoms with van der Waals surface area (Å²) in [7, 11) is 0. The molecule has 2 aromatic carbocycles. The van der Waals surface area contributed by atoms with Gasteiger partial charge in [0.2, 0.25) is 0 Å². The number of aromatic carboxylic acids is 1. The molecular weight excluding hydrogens is 344 g/mol. The first kappa shape index (κ1) is 20.6. The van der Waals surface area contributed by atoms with Crippen molar-refractivity contribution >= 4 is 5.97 Å². The van der Waals surface area contributed by atoms with Gasteiger partial charge in [0.1, 0.15) is 0 Å². The van der Waals surface area contributed by atoms with Gasteiger partial charge in [-0.25, -0.2) is 4.79 Å². The van der Waals surface area contributed by atoms with Crippen LogP contribution < -0.4 is 0 Å². The van der Waals surface area contributed by atoms with Crippen molar-refractivity contribution in [2.45, 2.75) is 77.6 Å². The van der Waals surface area contributed by atoms with Crippen molar-refractivity contribution in [1.29, 1.82) is 0 Å². The maximum Gasteiger partial charge on any atom is 0.335 e. The molecule has 0 spiro atoms. The number of rotatable bonds is 8. The molecule has 1 aliphatic rings. The van der Waals surface area contributed by atoms with E-state index in [9.17, 15) is 9.90 Å². The third-order valence-electron chi connectivity index (χ3n) is 6.46. The van der Waals surface area contributed by atoms with Crippen LogP contribution in [0.4, 0.5) is 0 Å². The van der Waals surface area contributed by atoms with E-state index in [2.05, 4.69) is 37.3 Å². The summed E-state index contributed by atoms with van der Waals surface area (Å²) in [5, 5.41) is 9.28. The number of carbonyl (C=O) groups is 1. The van der Waals surface area contributed by atoms with Crippen molar-refractivity contribution < 1.29 is 9.90 Å². The Kier molecular flexibility index (Phi) is 7.30. The van der Waals surface area contributed by atoms with E-state index in [4.69, 9.17) is 0 Å². The summed E-state index contributed by atoms with van der Waals surface area (Å²) in [6.07, 6.45) is 10.7. The van der Waals surface area contributed by atoms with Crippen LogP contribution in [0, 0.1) is 5.92 Å². The van der Waals surface area contributed by atoms with Crippen LogP contribution in [-0.2, 0) is 19.3 Å². The third-order valence-corrected chi connectivity index (χ3v) is 6.46. The minimum atomic E-state index is -0.815. The highest BCUT2D eigenvalue weighted by Crippen LogP contribution is 2.37. The third kappa shape index (κ3) is 5.25. The lowest BCUT2D eigenvalue weighted by atomic mass is 9.76. The maximum atomic E-state index is 11.3. The minimum Gasteiger partial charge on any atom is -0.478 e. The van der Waals surface area contributed by atoms with E-state index < -0.39 is 5.97 Å². The summed E-state index contributed by atoms with van der Waals surface area (Å²) >= 11 is 0. The zero-order chi connectivity index (χ0) is 19.9. The molecule has 2 heteroatoms. The van der Waals surface area contributed by atoms with Gasteiger partial charge in [-0.15, -0.1) is 0 Å². The molecular formula is C26H34O2. The Morgan fingerprint density at radius 3 is 2.21 bits per heavy atom. The van der Waals surface area contributed by atoms with E-state index in [0.29, 0.717) is 5.56 Å². The first-order valence-corrected chi connectivity index (χ1v) is 11.0. The molecule has 0 radical (unpaired) electrons. The molecule has 1 N–H and O–H groups in total. The number of carboxylic acid groups (broad SMARTS) is 1. The normalized spacial score (nSPS) is 19.5. The standard InChI is InChI=1S/C26H34O2/c1-3-5-19-8-13-23(14-9-19)24-15-10-20(11-16-24)6-7-21-12-17-25(26(27)28)22(4-2)18-21/h8-9,12-14,17-18,20,24H,3-7,10-11,15-16H2,1-2H3,(H,27,28)/t20-,24-. The van der Waals surface area contributed by atoms with Gasteiger partial charge in [-0.05, 0) is 91.5 Å². The molecule has 0 atom stereocenters. The van der Waals surface area contributed by atoms with Crippen LogP contribution in [0.25, 0.3) is 0 Å². The Labute approximate surface area is 170 Å². The largest absolute Gasteiger partial charge is 0.478 e. The molecule has 2 nitrogen and oxygen atoms in total. The van der Waals surface area contributed by atoms with E-state index in [1.165, 1.54) is 61.6 Å². The number of hydrogen-bond donors (Lipinski definition) is 1. The Morgan fingerprint density at radius 1 is 0.929 bits per heavy atom. The summed E-state index contributed by atoms with van der Waals surface area (Å²) in [6.45, 7) is 4.26. The average molecular weight is 379 g/mol. The first-order chi connectivity index (χ1) is 13.6. The second-order valence-corrected chi connectivity index (χ2v) is 8.40. The number of benzene rings is 2. The van der Waals surface area contributed by atoms with Crippen LogP contribution in [0.15, 0.2) is 42.5 Å². The van der Waals surface area contributed by atoms with Gasteiger partial charge < -0.3 is 5.11 Å². The maximum absolute atomic E-state index is 11.3. The average Bonchev–Trinajstić information content (AvgIpc) is 2.73. The fraction of sp³-hybridized carbons (Fsp3) is 0.500. The molecule has 0 saturated heterocycles. The van der Waals surface area contributed by atoms with Gasteiger partial charge in [0.15, 0.2) is 0 Å². The lowest BCUT2D eigenvalue weighted by Crippen LogP contribution is -2.14. The fourth-order valence-corrected chi connectivity index (χ4v) is 4.70. The smallest absolute Gasteiger partial charge is 0.335 e. The van der Waals surface area contributed by atoms with Gasteiger partial charge >= 0.3 is 5.97 Å². The van der Waals surface area contributed by atoms with Crippen LogP contribution in [-0.4, -0.2) is 11.1 Å². The molecule has 3 rings (SSSR count). The van der Waals surface area contributed by atoms with Gasteiger partial charge in [0, 0.05) is 0 Å². The van der Waals surface area contributed by atoms with Crippen molar-refractivity contribution in [3.05, 3.63) is 70.3 Å². The van der Waals surface area contributed by atoms with Crippen LogP contribution >= 0.6 is 0 Å². The minimum absolute atomic E-state index is 0.455. The predicted octanol–water partition coefficient (Wildman–Crippen LogP) is 6.81. The Hall–Kier alpha value is -2.09. The molecule has 1 fully saturated rings. The van der Waals surface area contributed by atoms with Crippen LogP contribution in [0.5, 0.6) is 0 Å². The van der Waals surface area contributed by atoms with Crippen molar-refractivity contribution in [2.75, 3.05) is 0 Å². The quantitative estimate of drug-likeness (QED) is 0.548. The van der Waals surface area contributed by atoms with E-state index >= 15 is 0 Å². The van der Waals surface area contributed by atoms with Crippen molar-refractivity contribution in [3.8, 4) is 0 Å². The van der Waals surface area contributed by atoms with Gasteiger partial charge in [-0.2, -0.15) is 0 Å². The number of aryl methyl sites for hydroxylation is 3. The number of carboxylic acids is 1. The zero-order valence-electron chi connectivity index (χ0n) is 17.4. The summed E-state index contributed by atoms with van der Waals surface area (Å²) in [5.41, 5.74) is 5.68. The van der Waals surface area contributed by atoms with Gasteiger partial charge in [0.25, 0.3) is 0 Å². The summed E-state index contributed by atoms with van der Waals surface area (Å²) < 4.78 is 0. The second kappa shape index (κ2) is 9.91. The molecule has 0 amide bonds. The van der Waals surface area contributed by atoms with E-state index in [1.807, 2.05) is 13.0 Å². The molecule has 1 saturated carbocycles. The summed E-state index contributed by atoms with van der Waals surface area (Å²) in [4.78, 5) is 11.3. The van der Waals surface area contributed by atoms with Gasteiger partial charge in [0.05, 0.1) is 5.56 Å². The highest BCUT2D eigenvalue weighted by Gasteiger charge is 2.22. The van der Waals surface area contributed by atoms with Crippen LogP contribution in [0.2, 0.25) is 0 Å².